The molecule has 0 atom stereocenters. The van der Waals surface area contributed by atoms with Gasteiger partial charge < -0.3 is 14.2 Å². The molecular weight excluding hydrogens is 352 g/mol. The molecule has 1 heterocycles. The van der Waals surface area contributed by atoms with E-state index < -0.39 is 0 Å². The predicted octanol–water partition coefficient (Wildman–Crippen LogP) is 4.54. The van der Waals surface area contributed by atoms with Crippen molar-refractivity contribution in [3.05, 3.63) is 71.4 Å². The summed E-state index contributed by atoms with van der Waals surface area (Å²) in [7, 11) is 1.72. The third-order valence-electron chi connectivity index (χ3n) is 3.87. The molecule has 2 aromatic carbocycles. The Hall–Kier alpha value is -2.79. The molecule has 5 nitrogen and oxygen atoms in total. The highest BCUT2D eigenvalue weighted by Crippen LogP contribution is 2.23. The summed E-state index contributed by atoms with van der Waals surface area (Å²) in [6.07, 6.45) is 0.674. The lowest BCUT2D eigenvalue weighted by Gasteiger charge is -2.15. The van der Waals surface area contributed by atoms with Gasteiger partial charge >= 0.3 is 0 Å². The first kappa shape index (κ1) is 18.0. The molecule has 0 fully saturated rings. The van der Waals surface area contributed by atoms with Crippen LogP contribution >= 0.6 is 11.6 Å². The van der Waals surface area contributed by atoms with Gasteiger partial charge in [0.2, 0.25) is 5.76 Å². The molecule has 0 aliphatic rings. The smallest absolute Gasteiger partial charge is 0.292 e. The SMILES string of the molecule is CN(CCCOc1ccccc1Cl)C(=O)c1cc(-c2ccccc2)no1. The van der Waals surface area contributed by atoms with Crippen LogP contribution in [0.3, 0.4) is 0 Å². The zero-order valence-corrected chi connectivity index (χ0v) is 15.1. The first-order valence-corrected chi connectivity index (χ1v) is 8.68. The monoisotopic (exact) mass is 370 g/mol. The Morgan fingerprint density at radius 2 is 1.88 bits per heavy atom. The maximum atomic E-state index is 12.4. The van der Waals surface area contributed by atoms with Crippen molar-refractivity contribution in [2.75, 3.05) is 20.2 Å². The third-order valence-corrected chi connectivity index (χ3v) is 4.18. The van der Waals surface area contributed by atoms with Crippen molar-refractivity contribution in [3.8, 4) is 17.0 Å². The molecule has 1 amide bonds. The number of carbonyl (C=O) groups excluding carboxylic acids is 1. The molecule has 0 aliphatic carbocycles. The van der Waals surface area contributed by atoms with Crippen molar-refractivity contribution in [2.24, 2.45) is 0 Å². The van der Waals surface area contributed by atoms with Crippen LogP contribution in [0.5, 0.6) is 5.75 Å². The van der Waals surface area contributed by atoms with Crippen LogP contribution < -0.4 is 4.74 Å². The summed E-state index contributed by atoms with van der Waals surface area (Å²) in [5, 5.41) is 4.55. The number of hydrogen-bond acceptors (Lipinski definition) is 4. The van der Waals surface area contributed by atoms with Crippen LogP contribution in [0.15, 0.2) is 65.2 Å². The Balaban J connectivity index is 1.50. The van der Waals surface area contributed by atoms with E-state index in [0.29, 0.717) is 36.0 Å². The minimum absolute atomic E-state index is 0.211. The van der Waals surface area contributed by atoms with Crippen LogP contribution in [0.4, 0.5) is 0 Å². The van der Waals surface area contributed by atoms with E-state index >= 15 is 0 Å². The fourth-order valence-corrected chi connectivity index (χ4v) is 2.65. The van der Waals surface area contributed by atoms with E-state index in [2.05, 4.69) is 5.16 Å². The van der Waals surface area contributed by atoms with Gasteiger partial charge in [-0.15, -0.1) is 0 Å². The molecule has 0 unspecified atom stereocenters. The number of rotatable bonds is 7. The largest absolute Gasteiger partial charge is 0.492 e. The lowest BCUT2D eigenvalue weighted by molar-refractivity contribution is 0.0746. The van der Waals surface area contributed by atoms with Crippen molar-refractivity contribution < 1.29 is 14.1 Å². The number of amides is 1. The fourth-order valence-electron chi connectivity index (χ4n) is 2.46. The summed E-state index contributed by atoms with van der Waals surface area (Å²) in [6.45, 7) is 0.998. The van der Waals surface area contributed by atoms with E-state index in [9.17, 15) is 4.79 Å². The molecule has 0 spiro atoms. The first-order valence-electron chi connectivity index (χ1n) is 8.30. The van der Waals surface area contributed by atoms with E-state index in [1.807, 2.05) is 48.5 Å². The van der Waals surface area contributed by atoms with Crippen molar-refractivity contribution in [1.82, 2.24) is 10.1 Å². The Morgan fingerprint density at radius 1 is 1.15 bits per heavy atom. The molecule has 26 heavy (non-hydrogen) atoms. The highest BCUT2D eigenvalue weighted by Gasteiger charge is 2.18. The average Bonchev–Trinajstić information content (AvgIpc) is 3.16. The minimum Gasteiger partial charge on any atom is -0.492 e. The topological polar surface area (TPSA) is 55.6 Å². The Bertz CT molecular complexity index is 864. The molecule has 0 radical (unpaired) electrons. The van der Waals surface area contributed by atoms with Gasteiger partial charge in [0.15, 0.2) is 0 Å². The number of para-hydroxylation sites is 1. The zero-order chi connectivity index (χ0) is 18.4. The average molecular weight is 371 g/mol. The van der Waals surface area contributed by atoms with Crippen molar-refractivity contribution >= 4 is 17.5 Å². The van der Waals surface area contributed by atoms with Crippen LogP contribution in [0.25, 0.3) is 11.3 Å². The predicted molar refractivity (Wildman–Crippen MR) is 100 cm³/mol. The maximum Gasteiger partial charge on any atom is 0.292 e. The number of aromatic nitrogens is 1. The number of halogens is 1. The summed E-state index contributed by atoms with van der Waals surface area (Å²) >= 11 is 6.04. The molecule has 0 saturated heterocycles. The normalized spacial score (nSPS) is 10.5. The van der Waals surface area contributed by atoms with E-state index in [1.165, 1.54) is 0 Å². The highest BCUT2D eigenvalue weighted by molar-refractivity contribution is 6.32. The lowest BCUT2D eigenvalue weighted by atomic mass is 10.1. The molecule has 1 aromatic heterocycles. The van der Waals surface area contributed by atoms with Crippen LogP contribution in [-0.4, -0.2) is 36.2 Å². The van der Waals surface area contributed by atoms with Crippen molar-refractivity contribution in [1.29, 1.82) is 0 Å². The van der Waals surface area contributed by atoms with Gasteiger partial charge in [-0.25, -0.2) is 0 Å². The Kier molecular flexibility index (Phi) is 5.92. The van der Waals surface area contributed by atoms with Gasteiger partial charge in [-0.05, 0) is 18.6 Å². The number of benzene rings is 2. The quantitative estimate of drug-likeness (QED) is 0.573. The molecule has 0 N–H and O–H groups in total. The highest BCUT2D eigenvalue weighted by atomic mass is 35.5. The zero-order valence-electron chi connectivity index (χ0n) is 14.4. The maximum absolute atomic E-state index is 12.4. The van der Waals surface area contributed by atoms with Crippen LogP contribution in [0, 0.1) is 0 Å². The number of hydrogen-bond donors (Lipinski definition) is 0. The molecule has 6 heteroatoms. The fraction of sp³-hybridized carbons (Fsp3) is 0.200. The molecule has 3 rings (SSSR count). The van der Waals surface area contributed by atoms with Crippen molar-refractivity contribution in [3.63, 3.8) is 0 Å². The van der Waals surface area contributed by atoms with Gasteiger partial charge in [-0.2, -0.15) is 0 Å². The molecule has 0 aliphatic heterocycles. The van der Waals surface area contributed by atoms with Crippen LogP contribution in [0.1, 0.15) is 17.0 Å². The molecule has 0 saturated carbocycles. The summed E-state index contributed by atoms with van der Waals surface area (Å²) in [5.74, 6) is 0.654. The number of carbonyl (C=O) groups is 1. The second kappa shape index (κ2) is 8.54. The second-order valence-corrected chi connectivity index (χ2v) is 6.21. The van der Waals surface area contributed by atoms with Gasteiger partial charge in [0.25, 0.3) is 5.91 Å². The van der Waals surface area contributed by atoms with Gasteiger partial charge in [0.1, 0.15) is 11.4 Å². The second-order valence-electron chi connectivity index (χ2n) is 5.80. The third kappa shape index (κ3) is 4.43. The summed E-state index contributed by atoms with van der Waals surface area (Å²) in [4.78, 5) is 14.0. The summed E-state index contributed by atoms with van der Waals surface area (Å²) in [5.41, 5.74) is 1.55. The molecular formula is C20H19ClN2O3. The standard InChI is InChI=1S/C20H19ClN2O3/c1-23(12-7-13-25-18-11-6-5-10-16(18)21)20(24)19-14-17(22-26-19)15-8-3-2-4-9-15/h2-6,8-11,14H,7,12-13H2,1H3. The van der Waals surface area contributed by atoms with Crippen molar-refractivity contribution in [2.45, 2.75) is 6.42 Å². The van der Waals surface area contributed by atoms with Gasteiger partial charge in [0, 0.05) is 25.2 Å². The van der Waals surface area contributed by atoms with Gasteiger partial charge in [-0.3, -0.25) is 4.79 Å². The van der Waals surface area contributed by atoms with E-state index in [0.717, 1.165) is 5.56 Å². The molecule has 134 valence electrons. The number of ether oxygens (including phenoxy) is 1. The van der Waals surface area contributed by atoms with E-state index in [4.69, 9.17) is 20.9 Å². The van der Waals surface area contributed by atoms with E-state index in [1.54, 1.807) is 24.1 Å². The first-order chi connectivity index (χ1) is 12.6. The summed E-state index contributed by atoms with van der Waals surface area (Å²) < 4.78 is 10.8. The van der Waals surface area contributed by atoms with E-state index in [-0.39, 0.29) is 11.7 Å². The minimum atomic E-state index is -0.211. The number of nitrogens with zero attached hydrogens (tertiary/aromatic N) is 2. The van der Waals surface area contributed by atoms with Crippen LogP contribution in [-0.2, 0) is 0 Å². The van der Waals surface area contributed by atoms with Gasteiger partial charge in [-0.1, -0.05) is 59.2 Å². The Labute approximate surface area is 157 Å². The summed E-state index contributed by atoms with van der Waals surface area (Å²) in [6, 6.07) is 18.6. The van der Waals surface area contributed by atoms with Gasteiger partial charge in [0.05, 0.1) is 11.6 Å². The van der Waals surface area contributed by atoms with Crippen LogP contribution in [0.2, 0.25) is 5.02 Å². The molecule has 0 bridgehead atoms. The Morgan fingerprint density at radius 3 is 2.65 bits per heavy atom. The lowest BCUT2D eigenvalue weighted by Crippen LogP contribution is -2.28. The molecule has 3 aromatic rings.